The van der Waals surface area contributed by atoms with Crippen LogP contribution in [0.4, 0.5) is 8.78 Å². The van der Waals surface area contributed by atoms with Crippen LogP contribution in [-0.4, -0.2) is 5.11 Å². The van der Waals surface area contributed by atoms with Crippen molar-refractivity contribution in [1.82, 2.24) is 0 Å². The minimum absolute atomic E-state index is 0.0245. The minimum Gasteiger partial charge on any atom is -0.385 e. The highest BCUT2D eigenvalue weighted by molar-refractivity contribution is 9.10. The molecule has 0 fully saturated rings. The summed E-state index contributed by atoms with van der Waals surface area (Å²) in [4.78, 5) is 0. The van der Waals surface area contributed by atoms with Gasteiger partial charge in [-0.2, -0.15) is 0 Å². The third-order valence-electron chi connectivity index (χ3n) is 3.32. The van der Waals surface area contributed by atoms with Crippen LogP contribution in [0.1, 0.15) is 23.6 Å². The summed E-state index contributed by atoms with van der Waals surface area (Å²) in [5.74, 6) is -1.88. The Morgan fingerprint density at radius 1 is 1.05 bits per heavy atom. The van der Waals surface area contributed by atoms with E-state index in [4.69, 9.17) is 0 Å². The lowest BCUT2D eigenvalue weighted by atomic mass is 9.88. The lowest BCUT2D eigenvalue weighted by molar-refractivity contribution is 0.0530. The van der Waals surface area contributed by atoms with E-state index in [2.05, 4.69) is 15.9 Å². The molecule has 0 aliphatic carbocycles. The topological polar surface area (TPSA) is 20.2 Å². The summed E-state index contributed by atoms with van der Waals surface area (Å²) in [6.45, 7) is 2.98. The molecule has 0 amide bonds. The quantitative estimate of drug-likeness (QED) is 0.872. The summed E-state index contributed by atoms with van der Waals surface area (Å²) in [6, 6.07) is 10.3. The number of halogens is 3. The zero-order valence-electron chi connectivity index (χ0n) is 11.3. The van der Waals surface area contributed by atoms with Crippen molar-refractivity contribution < 1.29 is 13.9 Å². The monoisotopic (exact) mass is 340 g/mol. The molecular weight excluding hydrogens is 326 g/mol. The SMILES string of the molecule is Cc1ccc(C(C)(O)Cc2ccc(Br)cc2)c(F)c1F. The van der Waals surface area contributed by atoms with Crippen molar-refractivity contribution in [3.8, 4) is 0 Å². The third-order valence-corrected chi connectivity index (χ3v) is 3.85. The first-order valence-corrected chi connectivity index (χ1v) is 7.02. The van der Waals surface area contributed by atoms with Crippen LogP contribution >= 0.6 is 15.9 Å². The van der Waals surface area contributed by atoms with Gasteiger partial charge in [-0.05, 0) is 37.1 Å². The van der Waals surface area contributed by atoms with E-state index in [1.54, 1.807) is 0 Å². The van der Waals surface area contributed by atoms with E-state index in [9.17, 15) is 13.9 Å². The molecule has 0 saturated carbocycles. The second kappa shape index (κ2) is 5.62. The summed E-state index contributed by atoms with van der Waals surface area (Å²) in [5, 5.41) is 10.5. The Labute approximate surface area is 125 Å². The molecule has 0 heterocycles. The van der Waals surface area contributed by atoms with Gasteiger partial charge in [0.15, 0.2) is 11.6 Å². The molecule has 0 aliphatic rings. The van der Waals surface area contributed by atoms with E-state index in [0.29, 0.717) is 0 Å². The molecule has 0 radical (unpaired) electrons. The highest BCUT2D eigenvalue weighted by Crippen LogP contribution is 2.30. The Hall–Kier alpha value is -1.26. The predicted octanol–water partition coefficient (Wildman–Crippen LogP) is 4.49. The van der Waals surface area contributed by atoms with E-state index in [-0.39, 0.29) is 17.5 Å². The van der Waals surface area contributed by atoms with Gasteiger partial charge in [-0.3, -0.25) is 0 Å². The fraction of sp³-hybridized carbons (Fsp3) is 0.250. The van der Waals surface area contributed by atoms with Crippen molar-refractivity contribution in [1.29, 1.82) is 0 Å². The van der Waals surface area contributed by atoms with Crippen LogP contribution in [0.2, 0.25) is 0 Å². The Kier molecular flexibility index (Phi) is 4.25. The molecule has 4 heteroatoms. The van der Waals surface area contributed by atoms with Gasteiger partial charge in [-0.15, -0.1) is 0 Å². The Morgan fingerprint density at radius 3 is 2.25 bits per heavy atom. The summed E-state index contributed by atoms with van der Waals surface area (Å²) < 4.78 is 28.5. The van der Waals surface area contributed by atoms with Crippen LogP contribution in [-0.2, 0) is 12.0 Å². The van der Waals surface area contributed by atoms with Crippen molar-refractivity contribution in [2.45, 2.75) is 25.9 Å². The molecule has 1 unspecified atom stereocenters. The zero-order valence-corrected chi connectivity index (χ0v) is 12.8. The summed E-state index contributed by atoms with van der Waals surface area (Å²) in [5.41, 5.74) is -0.417. The predicted molar refractivity (Wildman–Crippen MR) is 78.5 cm³/mol. The van der Waals surface area contributed by atoms with Gasteiger partial charge in [0.1, 0.15) is 0 Å². The molecule has 1 atom stereocenters. The van der Waals surface area contributed by atoms with Crippen molar-refractivity contribution in [3.63, 3.8) is 0 Å². The first kappa shape index (κ1) is 15.1. The lowest BCUT2D eigenvalue weighted by Gasteiger charge is -2.25. The average molecular weight is 341 g/mol. The molecule has 1 nitrogen and oxygen atoms in total. The molecule has 106 valence electrons. The van der Waals surface area contributed by atoms with Gasteiger partial charge in [0, 0.05) is 16.5 Å². The molecule has 0 bridgehead atoms. The van der Waals surface area contributed by atoms with Gasteiger partial charge in [0.25, 0.3) is 0 Å². The largest absolute Gasteiger partial charge is 0.385 e. The van der Waals surface area contributed by atoms with E-state index in [0.717, 1.165) is 10.0 Å². The van der Waals surface area contributed by atoms with Gasteiger partial charge in [0.2, 0.25) is 0 Å². The van der Waals surface area contributed by atoms with Crippen molar-refractivity contribution >= 4 is 15.9 Å². The number of rotatable bonds is 3. The van der Waals surface area contributed by atoms with Gasteiger partial charge >= 0.3 is 0 Å². The standard InChI is InChI=1S/C16H15BrF2O/c1-10-3-8-13(15(19)14(10)18)16(2,20)9-11-4-6-12(17)7-5-11/h3-8,20H,9H2,1-2H3. The fourth-order valence-corrected chi connectivity index (χ4v) is 2.42. The first-order valence-electron chi connectivity index (χ1n) is 6.23. The number of hydrogen-bond acceptors (Lipinski definition) is 1. The molecular formula is C16H15BrF2O. The van der Waals surface area contributed by atoms with Gasteiger partial charge in [-0.1, -0.05) is 40.2 Å². The molecule has 2 aromatic rings. The van der Waals surface area contributed by atoms with Crippen LogP contribution in [0.25, 0.3) is 0 Å². The number of hydrogen-bond donors (Lipinski definition) is 1. The fourth-order valence-electron chi connectivity index (χ4n) is 2.16. The Morgan fingerprint density at radius 2 is 1.65 bits per heavy atom. The van der Waals surface area contributed by atoms with E-state index >= 15 is 0 Å². The lowest BCUT2D eigenvalue weighted by Crippen LogP contribution is -2.26. The maximum Gasteiger partial charge on any atom is 0.165 e. The molecule has 1 N–H and O–H groups in total. The average Bonchev–Trinajstić information content (AvgIpc) is 2.38. The highest BCUT2D eigenvalue weighted by Gasteiger charge is 2.29. The van der Waals surface area contributed by atoms with Crippen molar-refractivity contribution in [2.75, 3.05) is 0 Å². The summed E-state index contributed by atoms with van der Waals surface area (Å²) >= 11 is 3.33. The van der Waals surface area contributed by atoms with E-state index < -0.39 is 17.2 Å². The van der Waals surface area contributed by atoms with Crippen LogP contribution in [0.15, 0.2) is 40.9 Å². The van der Waals surface area contributed by atoms with Crippen LogP contribution in [0.5, 0.6) is 0 Å². The Balaban J connectivity index is 2.35. The maximum atomic E-state index is 14.0. The second-order valence-electron chi connectivity index (χ2n) is 5.14. The molecule has 0 aliphatic heterocycles. The minimum atomic E-state index is -1.47. The summed E-state index contributed by atoms with van der Waals surface area (Å²) in [6.07, 6.45) is 0.208. The number of aliphatic hydroxyl groups is 1. The van der Waals surface area contributed by atoms with Crippen molar-refractivity contribution in [3.05, 3.63) is 69.2 Å². The smallest absolute Gasteiger partial charge is 0.165 e. The van der Waals surface area contributed by atoms with Gasteiger partial charge < -0.3 is 5.11 Å². The first-order chi connectivity index (χ1) is 9.31. The number of aryl methyl sites for hydroxylation is 1. The van der Waals surface area contributed by atoms with Crippen LogP contribution in [0, 0.1) is 18.6 Å². The molecule has 0 spiro atoms. The molecule has 2 rings (SSSR count). The molecule has 2 aromatic carbocycles. The molecule has 20 heavy (non-hydrogen) atoms. The highest BCUT2D eigenvalue weighted by atomic mass is 79.9. The molecule has 0 aromatic heterocycles. The van der Waals surface area contributed by atoms with Gasteiger partial charge in [0.05, 0.1) is 5.60 Å². The summed E-state index contributed by atoms with van der Waals surface area (Å²) in [7, 11) is 0. The Bertz CT molecular complexity index is 621. The normalized spacial score (nSPS) is 14.1. The van der Waals surface area contributed by atoms with E-state index in [1.807, 2.05) is 24.3 Å². The second-order valence-corrected chi connectivity index (χ2v) is 6.05. The third kappa shape index (κ3) is 3.07. The van der Waals surface area contributed by atoms with Crippen LogP contribution < -0.4 is 0 Å². The van der Waals surface area contributed by atoms with Crippen molar-refractivity contribution in [2.24, 2.45) is 0 Å². The van der Waals surface area contributed by atoms with Gasteiger partial charge in [-0.25, -0.2) is 8.78 Å². The van der Waals surface area contributed by atoms with E-state index in [1.165, 1.54) is 26.0 Å². The van der Waals surface area contributed by atoms with Crippen LogP contribution in [0.3, 0.4) is 0 Å². The zero-order chi connectivity index (χ0) is 14.9. The maximum absolute atomic E-state index is 14.0. The number of benzene rings is 2. The molecule has 0 saturated heterocycles.